The van der Waals surface area contributed by atoms with Gasteiger partial charge in [-0.25, -0.2) is 8.42 Å². The third-order valence-corrected chi connectivity index (χ3v) is 4.61. The third-order valence-electron chi connectivity index (χ3n) is 2.65. The molecule has 0 aliphatic carbocycles. The van der Waals surface area contributed by atoms with Crippen LogP contribution in [0.15, 0.2) is 24.3 Å². The third kappa shape index (κ3) is 5.07. The molecule has 21 heavy (non-hydrogen) atoms. The topological polar surface area (TPSA) is 124 Å². The van der Waals surface area contributed by atoms with Crippen molar-refractivity contribution in [3.05, 3.63) is 29.8 Å². The molecule has 0 unspecified atom stereocenters. The lowest BCUT2D eigenvalue weighted by Gasteiger charge is -2.19. The number of hydrogen-bond acceptors (Lipinski definition) is 7. The fourth-order valence-corrected chi connectivity index (χ4v) is 3.23. The summed E-state index contributed by atoms with van der Waals surface area (Å²) in [4.78, 5) is 21.3. The number of rotatable bonds is 8. The highest BCUT2D eigenvalue weighted by Gasteiger charge is 2.27. The Morgan fingerprint density at radius 1 is 1.19 bits per heavy atom. The molecular weight excluding hydrogens is 300 g/mol. The second-order valence-electron chi connectivity index (χ2n) is 4.27. The van der Waals surface area contributed by atoms with Crippen LogP contribution in [0.5, 0.6) is 5.75 Å². The molecule has 0 fully saturated rings. The van der Waals surface area contributed by atoms with Gasteiger partial charge in [-0.1, -0.05) is 12.1 Å². The molecule has 0 radical (unpaired) electrons. The molecule has 0 aliphatic rings. The Bertz CT molecular complexity index is 604. The van der Waals surface area contributed by atoms with Gasteiger partial charge in [0.15, 0.2) is 9.84 Å². The molecule has 0 bridgehead atoms. The second kappa shape index (κ2) is 7.07. The smallest absolute Gasteiger partial charge is 0.163 e. The van der Waals surface area contributed by atoms with Gasteiger partial charge in [0.1, 0.15) is 11.0 Å². The highest BCUT2D eigenvalue weighted by Crippen LogP contribution is 2.17. The lowest BCUT2D eigenvalue weighted by Crippen LogP contribution is -2.45. The van der Waals surface area contributed by atoms with Crippen molar-refractivity contribution in [1.82, 2.24) is 0 Å². The van der Waals surface area contributed by atoms with Crippen molar-refractivity contribution in [3.63, 3.8) is 0 Å². The number of carboxylic acids is 2. The van der Waals surface area contributed by atoms with Crippen LogP contribution in [0, 0.1) is 0 Å². The Hall–Kier alpha value is -2.09. The van der Waals surface area contributed by atoms with Crippen LogP contribution in [-0.2, 0) is 25.2 Å². The molecule has 0 aromatic heterocycles. The van der Waals surface area contributed by atoms with Crippen LogP contribution in [0.2, 0.25) is 0 Å². The molecule has 7 nitrogen and oxygen atoms in total. The molecule has 116 valence electrons. The molecule has 0 heterocycles. The van der Waals surface area contributed by atoms with Gasteiger partial charge in [0.25, 0.3) is 0 Å². The Kier molecular flexibility index (Phi) is 5.71. The van der Waals surface area contributed by atoms with E-state index in [1.54, 1.807) is 19.1 Å². The zero-order chi connectivity index (χ0) is 16.0. The van der Waals surface area contributed by atoms with E-state index >= 15 is 0 Å². The van der Waals surface area contributed by atoms with Crippen molar-refractivity contribution in [1.29, 1.82) is 0 Å². The highest BCUT2D eigenvalue weighted by atomic mass is 32.2. The number of carboxylic acid groups (broad SMARTS) is 2. The maximum absolute atomic E-state index is 11.9. The van der Waals surface area contributed by atoms with Crippen molar-refractivity contribution in [2.45, 2.75) is 24.3 Å². The molecular formula is C13H14O7S-2. The van der Waals surface area contributed by atoms with Crippen molar-refractivity contribution in [3.8, 4) is 5.75 Å². The molecule has 1 atom stereocenters. The van der Waals surface area contributed by atoms with E-state index in [-0.39, 0.29) is 0 Å². The Morgan fingerprint density at radius 3 is 2.19 bits per heavy atom. The molecule has 0 spiro atoms. The molecule has 0 saturated carbocycles. The van der Waals surface area contributed by atoms with Gasteiger partial charge in [0.05, 0.1) is 18.3 Å². The van der Waals surface area contributed by atoms with Gasteiger partial charge in [-0.05, 0) is 24.6 Å². The van der Waals surface area contributed by atoms with E-state index in [0.717, 1.165) is 0 Å². The summed E-state index contributed by atoms with van der Waals surface area (Å²) >= 11 is 0. The van der Waals surface area contributed by atoms with Crippen molar-refractivity contribution < 1.29 is 33.0 Å². The minimum Gasteiger partial charge on any atom is -0.550 e. The zero-order valence-electron chi connectivity index (χ0n) is 11.3. The normalized spacial score (nSPS) is 12.6. The maximum atomic E-state index is 11.9. The minimum absolute atomic E-state index is 0.322. The number of hydrogen-bond donors (Lipinski definition) is 0. The number of aliphatic carboxylic acids is 2. The first-order valence-electron chi connectivity index (χ1n) is 6.10. The number of carbonyl (C=O) groups excluding carboxylic acids is 2. The van der Waals surface area contributed by atoms with Gasteiger partial charge in [0.2, 0.25) is 0 Å². The lowest BCUT2D eigenvalue weighted by atomic mass is 10.2. The number of sulfone groups is 1. The van der Waals surface area contributed by atoms with E-state index in [4.69, 9.17) is 4.74 Å². The monoisotopic (exact) mass is 314 g/mol. The van der Waals surface area contributed by atoms with E-state index in [1.807, 2.05) is 0 Å². The van der Waals surface area contributed by atoms with Gasteiger partial charge in [-0.15, -0.1) is 0 Å². The van der Waals surface area contributed by atoms with E-state index in [1.165, 1.54) is 12.1 Å². The average molecular weight is 314 g/mol. The van der Waals surface area contributed by atoms with Crippen LogP contribution >= 0.6 is 0 Å². The van der Waals surface area contributed by atoms with Gasteiger partial charge in [-0.3, -0.25) is 0 Å². The summed E-state index contributed by atoms with van der Waals surface area (Å²) in [6.07, 6.45) is -1.14. The Morgan fingerprint density at radius 2 is 1.76 bits per heavy atom. The van der Waals surface area contributed by atoms with Gasteiger partial charge < -0.3 is 24.5 Å². The molecule has 0 saturated heterocycles. The standard InChI is InChI=1S/C13H16O7S/c1-2-20-10-5-3-9(4-6-10)8-21(18,19)11(13(16)17)7-12(14)15/h3-6,11H,2,7-8H2,1H3,(H,14,15)(H,16,17)/p-2/t11-/m1/s1. The van der Waals surface area contributed by atoms with Crippen molar-refractivity contribution >= 4 is 21.8 Å². The van der Waals surface area contributed by atoms with Crippen LogP contribution in [0.25, 0.3) is 0 Å². The first kappa shape index (κ1) is 17.0. The van der Waals surface area contributed by atoms with Crippen LogP contribution in [-0.4, -0.2) is 32.2 Å². The van der Waals surface area contributed by atoms with Crippen LogP contribution < -0.4 is 14.9 Å². The molecule has 0 aliphatic heterocycles. The fraction of sp³-hybridized carbons (Fsp3) is 0.385. The van der Waals surface area contributed by atoms with Crippen molar-refractivity contribution in [2.75, 3.05) is 6.61 Å². The number of carbonyl (C=O) groups is 2. The van der Waals surface area contributed by atoms with Crippen molar-refractivity contribution in [2.24, 2.45) is 0 Å². The molecule has 8 heteroatoms. The maximum Gasteiger partial charge on any atom is 0.163 e. The zero-order valence-corrected chi connectivity index (χ0v) is 12.1. The Balaban J connectivity index is 2.91. The SMILES string of the molecule is CCOc1ccc(CS(=O)(=O)[C@H](CC(=O)[O-])C(=O)[O-])cc1. The highest BCUT2D eigenvalue weighted by molar-refractivity contribution is 7.92. The number of benzene rings is 1. The van der Waals surface area contributed by atoms with Crippen LogP contribution in [0.3, 0.4) is 0 Å². The summed E-state index contributed by atoms with van der Waals surface area (Å²) in [5.41, 5.74) is 0.322. The van der Waals surface area contributed by atoms with Crippen LogP contribution in [0.4, 0.5) is 0 Å². The van der Waals surface area contributed by atoms with Gasteiger partial charge in [-0.2, -0.15) is 0 Å². The summed E-state index contributed by atoms with van der Waals surface area (Å²) in [5.74, 6) is -3.78. The van der Waals surface area contributed by atoms with E-state index in [2.05, 4.69) is 0 Å². The average Bonchev–Trinajstić information content (AvgIpc) is 2.37. The summed E-state index contributed by atoms with van der Waals surface area (Å²) in [6, 6.07) is 6.02. The lowest BCUT2D eigenvalue weighted by molar-refractivity contribution is -0.314. The largest absolute Gasteiger partial charge is 0.550 e. The summed E-state index contributed by atoms with van der Waals surface area (Å²) in [5, 5.41) is 19.1. The summed E-state index contributed by atoms with van der Waals surface area (Å²) in [6.45, 7) is 2.25. The number of ether oxygens (including phenoxy) is 1. The predicted molar refractivity (Wildman–Crippen MR) is 68.7 cm³/mol. The Labute approximate surface area is 122 Å². The van der Waals surface area contributed by atoms with E-state index < -0.39 is 39.2 Å². The fourth-order valence-electron chi connectivity index (χ4n) is 1.69. The minimum atomic E-state index is -4.22. The van der Waals surface area contributed by atoms with E-state index in [9.17, 15) is 28.2 Å². The summed E-state index contributed by atoms with van der Waals surface area (Å²) < 4.78 is 29.1. The molecule has 1 aromatic carbocycles. The molecule has 1 aromatic rings. The predicted octanol–water partition coefficient (Wildman–Crippen LogP) is -1.74. The quantitative estimate of drug-likeness (QED) is 0.558. The molecule has 0 amide bonds. The molecule has 1 rings (SSSR count). The first-order chi connectivity index (χ1) is 9.76. The first-order valence-corrected chi connectivity index (χ1v) is 7.81. The second-order valence-corrected chi connectivity index (χ2v) is 6.45. The van der Waals surface area contributed by atoms with E-state index in [0.29, 0.717) is 17.9 Å². The van der Waals surface area contributed by atoms with Gasteiger partial charge >= 0.3 is 0 Å². The summed E-state index contributed by atoms with van der Waals surface area (Å²) in [7, 11) is -4.22. The van der Waals surface area contributed by atoms with Crippen LogP contribution in [0.1, 0.15) is 18.9 Å². The molecule has 0 N–H and O–H groups in total. The van der Waals surface area contributed by atoms with Gasteiger partial charge in [0, 0.05) is 12.4 Å².